The van der Waals surface area contributed by atoms with Gasteiger partial charge in [-0.15, -0.1) is 0 Å². The fourth-order valence-electron chi connectivity index (χ4n) is 1.74. The standard InChI is InChI=1S/C12H14Br2N4/c1-3-9-10(15)12(18(2)17-9)16-11-7(13)5-4-6-8(11)14/h4-6,16H,3,15H2,1-2H3. The fraction of sp³-hybridized carbons (Fsp3) is 0.250. The lowest BCUT2D eigenvalue weighted by Crippen LogP contribution is -2.02. The Hall–Kier alpha value is -1.01. The summed E-state index contributed by atoms with van der Waals surface area (Å²) in [6, 6.07) is 5.91. The summed E-state index contributed by atoms with van der Waals surface area (Å²) in [4.78, 5) is 0. The smallest absolute Gasteiger partial charge is 0.152 e. The number of aromatic nitrogens is 2. The Kier molecular flexibility index (Phi) is 3.97. The van der Waals surface area contributed by atoms with Crippen molar-refractivity contribution in [2.75, 3.05) is 11.1 Å². The number of nitrogens with two attached hydrogens (primary N) is 1. The minimum Gasteiger partial charge on any atom is -0.394 e. The van der Waals surface area contributed by atoms with E-state index in [2.05, 4.69) is 42.3 Å². The molecule has 0 saturated heterocycles. The van der Waals surface area contributed by atoms with E-state index in [9.17, 15) is 0 Å². The molecule has 1 aromatic carbocycles. The van der Waals surface area contributed by atoms with Crippen LogP contribution in [-0.2, 0) is 13.5 Å². The molecule has 1 heterocycles. The predicted octanol–water partition coefficient (Wildman–Crippen LogP) is 3.83. The molecule has 0 fully saturated rings. The van der Waals surface area contributed by atoms with Crippen LogP contribution in [-0.4, -0.2) is 9.78 Å². The number of nitrogens with zero attached hydrogens (tertiary/aromatic N) is 2. The van der Waals surface area contributed by atoms with Gasteiger partial charge in [0, 0.05) is 16.0 Å². The Morgan fingerprint density at radius 3 is 2.44 bits per heavy atom. The number of para-hydroxylation sites is 1. The van der Waals surface area contributed by atoms with Crippen molar-refractivity contribution in [2.24, 2.45) is 7.05 Å². The Bertz CT molecular complexity index is 557. The van der Waals surface area contributed by atoms with Gasteiger partial charge in [-0.2, -0.15) is 5.10 Å². The summed E-state index contributed by atoms with van der Waals surface area (Å²) in [5, 5.41) is 7.70. The van der Waals surface area contributed by atoms with Crippen LogP contribution in [0.1, 0.15) is 12.6 Å². The summed E-state index contributed by atoms with van der Waals surface area (Å²) in [7, 11) is 1.88. The van der Waals surface area contributed by atoms with Crippen LogP contribution >= 0.6 is 31.9 Å². The van der Waals surface area contributed by atoms with Crippen LogP contribution < -0.4 is 11.1 Å². The molecule has 0 amide bonds. The maximum absolute atomic E-state index is 6.09. The van der Waals surface area contributed by atoms with Crippen LogP contribution in [0.25, 0.3) is 0 Å². The molecule has 4 nitrogen and oxygen atoms in total. The molecular weight excluding hydrogens is 360 g/mol. The predicted molar refractivity (Wildman–Crippen MR) is 82.1 cm³/mol. The number of hydrogen-bond acceptors (Lipinski definition) is 3. The van der Waals surface area contributed by atoms with Crippen LogP contribution in [0.3, 0.4) is 0 Å². The lowest BCUT2D eigenvalue weighted by molar-refractivity contribution is 0.753. The largest absolute Gasteiger partial charge is 0.394 e. The van der Waals surface area contributed by atoms with Crippen molar-refractivity contribution in [3.05, 3.63) is 32.8 Å². The number of rotatable bonds is 3. The van der Waals surface area contributed by atoms with Crippen molar-refractivity contribution in [2.45, 2.75) is 13.3 Å². The van der Waals surface area contributed by atoms with Crippen molar-refractivity contribution in [1.82, 2.24) is 9.78 Å². The van der Waals surface area contributed by atoms with Gasteiger partial charge in [-0.3, -0.25) is 4.68 Å². The molecule has 0 spiro atoms. The molecule has 0 bridgehead atoms. The normalized spacial score (nSPS) is 10.7. The zero-order valence-electron chi connectivity index (χ0n) is 10.2. The highest BCUT2D eigenvalue weighted by Crippen LogP contribution is 2.35. The molecule has 3 N–H and O–H groups in total. The zero-order valence-corrected chi connectivity index (χ0v) is 13.3. The van der Waals surface area contributed by atoms with Gasteiger partial charge in [-0.1, -0.05) is 13.0 Å². The summed E-state index contributed by atoms with van der Waals surface area (Å²) in [6.45, 7) is 2.04. The van der Waals surface area contributed by atoms with Gasteiger partial charge in [0.1, 0.15) is 0 Å². The third kappa shape index (κ3) is 2.40. The van der Waals surface area contributed by atoms with Gasteiger partial charge in [0.2, 0.25) is 0 Å². The topological polar surface area (TPSA) is 55.9 Å². The second-order valence-corrected chi connectivity index (χ2v) is 5.62. The molecule has 0 atom stereocenters. The van der Waals surface area contributed by atoms with Crippen LogP contribution in [0, 0.1) is 0 Å². The summed E-state index contributed by atoms with van der Waals surface area (Å²) < 4.78 is 3.70. The number of halogens is 2. The summed E-state index contributed by atoms with van der Waals surface area (Å²) >= 11 is 7.03. The lowest BCUT2D eigenvalue weighted by atomic mass is 10.3. The van der Waals surface area contributed by atoms with Gasteiger partial charge in [0.25, 0.3) is 0 Å². The molecule has 6 heteroatoms. The zero-order chi connectivity index (χ0) is 13.3. The molecule has 0 unspecified atom stereocenters. The molecule has 0 saturated carbocycles. The molecule has 2 rings (SSSR count). The molecule has 1 aromatic heterocycles. The average Bonchev–Trinajstić information content (AvgIpc) is 2.60. The first-order valence-electron chi connectivity index (χ1n) is 5.57. The second kappa shape index (κ2) is 5.32. The molecule has 0 radical (unpaired) electrons. The highest BCUT2D eigenvalue weighted by atomic mass is 79.9. The van der Waals surface area contributed by atoms with E-state index < -0.39 is 0 Å². The van der Waals surface area contributed by atoms with E-state index in [0.717, 1.165) is 32.6 Å². The monoisotopic (exact) mass is 372 g/mol. The first-order chi connectivity index (χ1) is 8.54. The van der Waals surface area contributed by atoms with Gasteiger partial charge < -0.3 is 11.1 Å². The fourth-order valence-corrected chi connectivity index (χ4v) is 2.94. The Morgan fingerprint density at radius 1 is 1.33 bits per heavy atom. The average molecular weight is 374 g/mol. The van der Waals surface area contributed by atoms with E-state index in [1.165, 1.54) is 0 Å². The summed E-state index contributed by atoms with van der Waals surface area (Å²) in [5.74, 6) is 0.805. The molecule has 96 valence electrons. The van der Waals surface area contributed by atoms with Crippen LogP contribution in [0.4, 0.5) is 17.2 Å². The lowest BCUT2D eigenvalue weighted by Gasteiger charge is -2.11. The van der Waals surface area contributed by atoms with Crippen LogP contribution in [0.15, 0.2) is 27.1 Å². The van der Waals surface area contributed by atoms with Gasteiger partial charge >= 0.3 is 0 Å². The minimum absolute atomic E-state index is 0.697. The number of anilines is 3. The SMILES string of the molecule is CCc1nn(C)c(Nc2c(Br)cccc2Br)c1N. The molecule has 2 aromatic rings. The van der Waals surface area contributed by atoms with E-state index in [0.29, 0.717) is 5.69 Å². The summed E-state index contributed by atoms with van der Waals surface area (Å²) in [5.41, 5.74) is 8.63. The Morgan fingerprint density at radius 2 is 1.94 bits per heavy atom. The van der Waals surface area contributed by atoms with Crippen molar-refractivity contribution in [3.63, 3.8) is 0 Å². The molecule has 18 heavy (non-hydrogen) atoms. The highest BCUT2D eigenvalue weighted by Gasteiger charge is 2.14. The van der Waals surface area contributed by atoms with Crippen molar-refractivity contribution in [1.29, 1.82) is 0 Å². The molecule has 0 aliphatic heterocycles. The first kappa shape index (κ1) is 13.4. The third-order valence-electron chi connectivity index (χ3n) is 2.70. The quantitative estimate of drug-likeness (QED) is 0.859. The van der Waals surface area contributed by atoms with Crippen LogP contribution in [0.2, 0.25) is 0 Å². The Balaban J connectivity index is 2.43. The maximum Gasteiger partial charge on any atom is 0.152 e. The molecule has 0 aliphatic rings. The van der Waals surface area contributed by atoms with E-state index >= 15 is 0 Å². The van der Waals surface area contributed by atoms with Crippen LogP contribution in [0.5, 0.6) is 0 Å². The van der Waals surface area contributed by atoms with E-state index in [4.69, 9.17) is 5.73 Å². The molecular formula is C12H14Br2N4. The van der Waals surface area contributed by atoms with Crippen molar-refractivity contribution < 1.29 is 0 Å². The number of aryl methyl sites for hydroxylation is 2. The van der Waals surface area contributed by atoms with Gasteiger partial charge in [0.05, 0.1) is 17.1 Å². The third-order valence-corrected chi connectivity index (χ3v) is 4.02. The number of nitrogens with one attached hydrogen (secondary N) is 1. The van der Waals surface area contributed by atoms with Crippen molar-refractivity contribution >= 4 is 49.1 Å². The minimum atomic E-state index is 0.697. The number of nitrogen functional groups attached to an aromatic ring is 1. The highest BCUT2D eigenvalue weighted by molar-refractivity contribution is 9.11. The molecule has 0 aliphatic carbocycles. The second-order valence-electron chi connectivity index (χ2n) is 3.91. The van der Waals surface area contributed by atoms with Gasteiger partial charge in [-0.25, -0.2) is 0 Å². The number of hydrogen-bond donors (Lipinski definition) is 2. The van der Waals surface area contributed by atoms with Gasteiger partial charge in [0.15, 0.2) is 5.82 Å². The summed E-state index contributed by atoms with van der Waals surface area (Å²) in [6.07, 6.45) is 0.818. The van der Waals surface area contributed by atoms with Crippen molar-refractivity contribution in [3.8, 4) is 0 Å². The maximum atomic E-state index is 6.09. The van der Waals surface area contributed by atoms with Gasteiger partial charge in [-0.05, 0) is 50.4 Å². The Labute approximate surface area is 123 Å². The van der Waals surface area contributed by atoms with E-state index in [-0.39, 0.29) is 0 Å². The van der Waals surface area contributed by atoms with E-state index in [1.807, 2.05) is 32.2 Å². The first-order valence-corrected chi connectivity index (χ1v) is 7.15. The number of benzene rings is 1. The van der Waals surface area contributed by atoms with E-state index in [1.54, 1.807) is 4.68 Å².